The number of rotatable bonds is 7. The third-order valence-corrected chi connectivity index (χ3v) is 8.34. The van der Waals surface area contributed by atoms with Crippen LogP contribution in [0.2, 0.25) is 0 Å². The number of hydrogen-bond acceptors (Lipinski definition) is 4. The van der Waals surface area contributed by atoms with Crippen molar-refractivity contribution < 1.29 is 9.59 Å². The zero-order valence-electron chi connectivity index (χ0n) is 18.8. The summed E-state index contributed by atoms with van der Waals surface area (Å²) in [6.45, 7) is 0.467. The lowest BCUT2D eigenvalue weighted by atomic mass is 9.95. The Bertz CT molecular complexity index is 1330. The number of amides is 2. The Morgan fingerprint density at radius 2 is 1.65 bits per heavy atom. The van der Waals surface area contributed by atoms with Crippen LogP contribution in [0.25, 0.3) is 10.8 Å². The number of hydrogen-bond donors (Lipinski definition) is 2. The maximum atomic E-state index is 13.2. The first-order valence-corrected chi connectivity index (χ1v) is 13.4. The summed E-state index contributed by atoms with van der Waals surface area (Å²) in [6, 6.07) is 24.2. The lowest BCUT2D eigenvalue weighted by molar-refractivity contribution is -0.113. The van der Waals surface area contributed by atoms with Gasteiger partial charge in [-0.2, -0.15) is 0 Å². The summed E-state index contributed by atoms with van der Waals surface area (Å²) in [5.74, 6) is 0.0932. The lowest BCUT2D eigenvalue weighted by Crippen LogP contribution is -2.25. The van der Waals surface area contributed by atoms with Gasteiger partial charge < -0.3 is 10.6 Å². The van der Waals surface area contributed by atoms with Gasteiger partial charge in [0.25, 0.3) is 5.91 Å². The fourth-order valence-corrected chi connectivity index (χ4v) is 6.57. The summed E-state index contributed by atoms with van der Waals surface area (Å²) < 4.78 is 0. The van der Waals surface area contributed by atoms with E-state index in [-0.39, 0.29) is 11.8 Å². The van der Waals surface area contributed by atoms with E-state index in [0.717, 1.165) is 52.5 Å². The number of thioether (sulfide) groups is 1. The first kappa shape index (κ1) is 22.7. The number of carbonyl (C=O) groups is 2. The van der Waals surface area contributed by atoms with Crippen molar-refractivity contribution in [3.05, 3.63) is 94.4 Å². The minimum absolute atomic E-state index is 0.0892. The standard InChI is InChI=1S/C28H26N2O2S2/c31-25(18-33-23-16-8-12-20-11-4-5-13-21(20)23)30-28-26(22-14-6-7-15-24(22)34-28)27(32)29-17-19-9-2-1-3-10-19/h1-5,8-13,16H,6-7,14-15,17-18H2,(H,29,32)(H,30,31). The Morgan fingerprint density at radius 3 is 2.53 bits per heavy atom. The minimum atomic E-state index is -0.111. The Labute approximate surface area is 207 Å². The molecule has 1 heterocycles. The minimum Gasteiger partial charge on any atom is -0.348 e. The van der Waals surface area contributed by atoms with E-state index < -0.39 is 0 Å². The van der Waals surface area contributed by atoms with Gasteiger partial charge in [0.15, 0.2) is 0 Å². The van der Waals surface area contributed by atoms with Crippen molar-refractivity contribution in [3.63, 3.8) is 0 Å². The third kappa shape index (κ3) is 5.03. The van der Waals surface area contributed by atoms with Crippen molar-refractivity contribution >= 4 is 50.7 Å². The van der Waals surface area contributed by atoms with Crippen molar-refractivity contribution in [2.75, 3.05) is 11.1 Å². The van der Waals surface area contributed by atoms with Crippen molar-refractivity contribution in [3.8, 4) is 0 Å². The van der Waals surface area contributed by atoms with Crippen LogP contribution in [0.5, 0.6) is 0 Å². The van der Waals surface area contributed by atoms with E-state index in [4.69, 9.17) is 0 Å². The number of nitrogens with one attached hydrogen (secondary N) is 2. The first-order chi connectivity index (χ1) is 16.7. The van der Waals surface area contributed by atoms with Crippen molar-refractivity contribution in [2.24, 2.45) is 0 Å². The van der Waals surface area contributed by atoms with Gasteiger partial charge in [-0.15, -0.1) is 23.1 Å². The Kier molecular flexibility index (Phi) is 6.97. The third-order valence-electron chi connectivity index (χ3n) is 6.06. The number of anilines is 1. The molecule has 0 radical (unpaired) electrons. The van der Waals surface area contributed by atoms with Crippen LogP contribution >= 0.6 is 23.1 Å². The Hall–Kier alpha value is -3.09. The van der Waals surface area contributed by atoms with Crippen LogP contribution < -0.4 is 10.6 Å². The fourth-order valence-electron chi connectivity index (χ4n) is 4.39. The van der Waals surface area contributed by atoms with Crippen molar-refractivity contribution in [1.82, 2.24) is 5.32 Å². The van der Waals surface area contributed by atoms with Crippen molar-refractivity contribution in [1.29, 1.82) is 0 Å². The summed E-state index contributed by atoms with van der Waals surface area (Å²) in [5, 5.41) is 9.11. The Balaban J connectivity index is 1.31. The van der Waals surface area contributed by atoms with Gasteiger partial charge in [0.1, 0.15) is 5.00 Å². The molecule has 1 aliphatic carbocycles. The van der Waals surface area contributed by atoms with E-state index in [1.807, 2.05) is 54.6 Å². The van der Waals surface area contributed by atoms with E-state index in [0.29, 0.717) is 22.9 Å². The normalized spacial score (nSPS) is 12.8. The van der Waals surface area contributed by atoms with Crippen LogP contribution in [-0.2, 0) is 24.2 Å². The number of fused-ring (bicyclic) bond motifs is 2. The molecule has 0 aliphatic heterocycles. The topological polar surface area (TPSA) is 58.2 Å². The van der Waals surface area contributed by atoms with Gasteiger partial charge in [-0.25, -0.2) is 0 Å². The summed E-state index contributed by atoms with van der Waals surface area (Å²) >= 11 is 3.09. The number of benzene rings is 3. The second-order valence-electron chi connectivity index (χ2n) is 8.40. The molecule has 4 aromatic rings. The second-order valence-corrected chi connectivity index (χ2v) is 10.5. The molecular weight excluding hydrogens is 460 g/mol. The maximum Gasteiger partial charge on any atom is 0.254 e. The molecule has 4 nitrogen and oxygen atoms in total. The average Bonchev–Trinajstić information content (AvgIpc) is 3.24. The van der Waals surface area contributed by atoms with Gasteiger partial charge >= 0.3 is 0 Å². The number of aryl methyl sites for hydroxylation is 1. The highest BCUT2D eigenvalue weighted by molar-refractivity contribution is 8.00. The first-order valence-electron chi connectivity index (χ1n) is 11.6. The molecule has 0 fully saturated rings. The van der Waals surface area contributed by atoms with Gasteiger partial charge in [-0.05, 0) is 53.6 Å². The molecule has 0 unspecified atom stereocenters. The van der Waals surface area contributed by atoms with Crippen molar-refractivity contribution in [2.45, 2.75) is 37.1 Å². The predicted molar refractivity (Wildman–Crippen MR) is 142 cm³/mol. The molecule has 2 N–H and O–H groups in total. The van der Waals surface area contributed by atoms with Gasteiger partial charge in [0, 0.05) is 16.3 Å². The van der Waals surface area contributed by atoms with Crippen LogP contribution in [0.4, 0.5) is 5.00 Å². The molecule has 1 aliphatic rings. The number of thiophene rings is 1. The van der Waals surface area contributed by atoms with Gasteiger partial charge in [-0.1, -0.05) is 66.7 Å². The second kappa shape index (κ2) is 10.5. The smallest absolute Gasteiger partial charge is 0.254 e. The number of carbonyl (C=O) groups excluding carboxylic acids is 2. The molecule has 0 saturated heterocycles. The quantitative estimate of drug-likeness (QED) is 0.296. The van der Waals surface area contributed by atoms with Gasteiger partial charge in [0.05, 0.1) is 11.3 Å². The molecule has 34 heavy (non-hydrogen) atoms. The SMILES string of the molecule is O=C(CSc1cccc2ccccc12)Nc1sc2c(c1C(=O)NCc1ccccc1)CCCC2. The van der Waals surface area contributed by atoms with E-state index in [1.165, 1.54) is 16.6 Å². The Morgan fingerprint density at radius 1 is 0.882 bits per heavy atom. The molecule has 6 heteroatoms. The summed E-state index contributed by atoms with van der Waals surface area (Å²) in [7, 11) is 0. The van der Waals surface area contributed by atoms with E-state index in [1.54, 1.807) is 11.3 Å². The molecule has 0 spiro atoms. The molecule has 0 bridgehead atoms. The predicted octanol–water partition coefficient (Wildman–Crippen LogP) is 6.44. The highest BCUT2D eigenvalue weighted by Gasteiger charge is 2.26. The lowest BCUT2D eigenvalue weighted by Gasteiger charge is -2.13. The van der Waals surface area contributed by atoms with Gasteiger partial charge in [-0.3, -0.25) is 9.59 Å². The van der Waals surface area contributed by atoms with Crippen LogP contribution in [0.15, 0.2) is 77.7 Å². The van der Waals surface area contributed by atoms with E-state index in [2.05, 4.69) is 28.8 Å². The highest BCUT2D eigenvalue weighted by atomic mass is 32.2. The van der Waals surface area contributed by atoms with Gasteiger partial charge in [0.2, 0.25) is 5.91 Å². The molecule has 2 amide bonds. The maximum absolute atomic E-state index is 13.2. The monoisotopic (exact) mass is 486 g/mol. The average molecular weight is 487 g/mol. The summed E-state index contributed by atoms with van der Waals surface area (Å²) in [4.78, 5) is 28.5. The molecule has 3 aromatic carbocycles. The highest BCUT2D eigenvalue weighted by Crippen LogP contribution is 2.38. The van der Waals surface area contributed by atoms with Crippen LogP contribution in [-0.4, -0.2) is 17.6 Å². The molecule has 0 atom stereocenters. The molecule has 1 aromatic heterocycles. The van der Waals surface area contributed by atoms with Crippen LogP contribution in [0.1, 0.15) is 39.2 Å². The molecule has 172 valence electrons. The van der Waals surface area contributed by atoms with E-state index >= 15 is 0 Å². The zero-order chi connectivity index (χ0) is 23.3. The molecule has 5 rings (SSSR count). The van der Waals surface area contributed by atoms with E-state index in [9.17, 15) is 9.59 Å². The molecular formula is C28H26N2O2S2. The summed E-state index contributed by atoms with van der Waals surface area (Å²) in [5.41, 5.74) is 2.81. The zero-order valence-corrected chi connectivity index (χ0v) is 20.4. The summed E-state index contributed by atoms with van der Waals surface area (Å²) in [6.07, 6.45) is 4.07. The fraction of sp³-hybridized carbons (Fsp3) is 0.214. The van der Waals surface area contributed by atoms with Crippen LogP contribution in [0, 0.1) is 0 Å². The van der Waals surface area contributed by atoms with Crippen LogP contribution in [0.3, 0.4) is 0 Å². The largest absolute Gasteiger partial charge is 0.348 e. The molecule has 0 saturated carbocycles.